The number of hydrogen-bond donors (Lipinski definition) is 1. The van der Waals surface area contributed by atoms with E-state index in [9.17, 15) is 14.7 Å². The third-order valence-corrected chi connectivity index (χ3v) is 5.57. The maximum atomic E-state index is 12.7. The molecule has 4 nitrogen and oxygen atoms in total. The Morgan fingerprint density at radius 2 is 1.71 bits per heavy atom. The van der Waals surface area contributed by atoms with Gasteiger partial charge >= 0.3 is 5.97 Å². The van der Waals surface area contributed by atoms with Crippen molar-refractivity contribution >= 4 is 17.4 Å². The second-order valence-electron chi connectivity index (χ2n) is 7.09. The first-order valence-corrected chi connectivity index (χ1v) is 8.81. The van der Waals surface area contributed by atoms with Crippen LogP contribution in [0.3, 0.4) is 0 Å². The van der Waals surface area contributed by atoms with Gasteiger partial charge in [-0.05, 0) is 35.8 Å². The van der Waals surface area contributed by atoms with E-state index in [1.165, 1.54) is 25.7 Å². The Labute approximate surface area is 143 Å². The molecule has 0 aromatic heterocycles. The fourth-order valence-corrected chi connectivity index (χ4v) is 4.13. The van der Waals surface area contributed by atoms with Gasteiger partial charge in [-0.1, -0.05) is 49.8 Å². The summed E-state index contributed by atoms with van der Waals surface area (Å²) >= 11 is 0. The van der Waals surface area contributed by atoms with Crippen molar-refractivity contribution in [3.8, 4) is 0 Å². The quantitative estimate of drug-likeness (QED) is 0.901. The van der Waals surface area contributed by atoms with Crippen LogP contribution in [0.15, 0.2) is 36.9 Å². The molecule has 3 rings (SSSR count). The lowest BCUT2D eigenvalue weighted by atomic mass is 9.82. The maximum absolute atomic E-state index is 12.7. The average molecular weight is 327 g/mol. The van der Waals surface area contributed by atoms with Crippen molar-refractivity contribution < 1.29 is 14.7 Å². The van der Waals surface area contributed by atoms with Crippen molar-refractivity contribution in [2.24, 2.45) is 17.8 Å². The number of aliphatic carboxylic acids is 1. The number of carboxylic acids is 1. The SMILES string of the molecule is C=C(c1ccccc1)[C@@H](CC(=O)N1C[C@H]2CCCC[C@H]2C1)C(=O)O. The lowest BCUT2D eigenvalue weighted by molar-refractivity contribution is -0.143. The highest BCUT2D eigenvalue weighted by Gasteiger charge is 2.37. The Morgan fingerprint density at radius 1 is 1.12 bits per heavy atom. The minimum atomic E-state index is -0.978. The molecule has 2 fully saturated rings. The number of hydrogen-bond acceptors (Lipinski definition) is 2. The molecule has 1 aromatic carbocycles. The number of amides is 1. The predicted molar refractivity (Wildman–Crippen MR) is 93.2 cm³/mol. The van der Waals surface area contributed by atoms with Crippen molar-refractivity contribution in [1.82, 2.24) is 4.90 Å². The highest BCUT2D eigenvalue weighted by molar-refractivity contribution is 5.92. The second-order valence-corrected chi connectivity index (χ2v) is 7.09. The molecule has 1 N–H and O–H groups in total. The number of rotatable bonds is 5. The summed E-state index contributed by atoms with van der Waals surface area (Å²) in [6.45, 7) is 5.55. The summed E-state index contributed by atoms with van der Waals surface area (Å²) in [5.74, 6) is -0.656. The molecule has 1 aliphatic carbocycles. The summed E-state index contributed by atoms with van der Waals surface area (Å²) in [6, 6.07) is 9.27. The molecule has 1 aromatic rings. The van der Waals surface area contributed by atoms with Crippen LogP contribution in [0.2, 0.25) is 0 Å². The number of likely N-dealkylation sites (tertiary alicyclic amines) is 1. The molecule has 0 spiro atoms. The molecule has 0 bridgehead atoms. The Hall–Kier alpha value is -2.10. The van der Waals surface area contributed by atoms with Gasteiger partial charge in [0.25, 0.3) is 0 Å². The first-order chi connectivity index (χ1) is 11.6. The molecule has 2 aliphatic rings. The van der Waals surface area contributed by atoms with Crippen LogP contribution in [0.1, 0.15) is 37.7 Å². The number of carboxylic acid groups (broad SMARTS) is 1. The van der Waals surface area contributed by atoms with E-state index in [0.29, 0.717) is 17.4 Å². The van der Waals surface area contributed by atoms with Crippen molar-refractivity contribution in [2.45, 2.75) is 32.1 Å². The highest BCUT2D eigenvalue weighted by atomic mass is 16.4. The van der Waals surface area contributed by atoms with Gasteiger partial charge in [-0.25, -0.2) is 0 Å². The second kappa shape index (κ2) is 7.20. The minimum absolute atomic E-state index is 0.00248. The Balaban J connectivity index is 1.66. The zero-order valence-corrected chi connectivity index (χ0v) is 14.0. The molecule has 4 heteroatoms. The smallest absolute Gasteiger partial charge is 0.311 e. The summed E-state index contributed by atoms with van der Waals surface area (Å²) in [5.41, 5.74) is 1.29. The highest BCUT2D eigenvalue weighted by Crippen LogP contribution is 2.37. The molecule has 1 saturated heterocycles. The van der Waals surface area contributed by atoms with Gasteiger partial charge in [0, 0.05) is 19.5 Å². The van der Waals surface area contributed by atoms with Crippen LogP contribution < -0.4 is 0 Å². The molecular formula is C20H25NO3. The first-order valence-electron chi connectivity index (χ1n) is 8.81. The third kappa shape index (κ3) is 3.53. The molecule has 1 heterocycles. The predicted octanol–water partition coefficient (Wildman–Crippen LogP) is 3.44. The van der Waals surface area contributed by atoms with E-state index in [1.807, 2.05) is 35.2 Å². The zero-order chi connectivity index (χ0) is 17.1. The van der Waals surface area contributed by atoms with E-state index >= 15 is 0 Å². The number of benzene rings is 1. The van der Waals surface area contributed by atoms with E-state index in [0.717, 1.165) is 18.7 Å². The van der Waals surface area contributed by atoms with Crippen molar-refractivity contribution in [1.29, 1.82) is 0 Å². The molecule has 0 unspecified atom stereocenters. The lowest BCUT2D eigenvalue weighted by Gasteiger charge is -2.22. The first kappa shape index (κ1) is 16.7. The fraction of sp³-hybridized carbons (Fsp3) is 0.500. The maximum Gasteiger partial charge on any atom is 0.311 e. The minimum Gasteiger partial charge on any atom is -0.481 e. The van der Waals surface area contributed by atoms with E-state index < -0.39 is 11.9 Å². The van der Waals surface area contributed by atoms with Crippen LogP contribution in [0.4, 0.5) is 0 Å². The summed E-state index contributed by atoms with van der Waals surface area (Å²) < 4.78 is 0. The third-order valence-electron chi connectivity index (χ3n) is 5.57. The number of nitrogens with zero attached hydrogens (tertiary/aromatic N) is 1. The zero-order valence-electron chi connectivity index (χ0n) is 14.0. The van der Waals surface area contributed by atoms with Gasteiger partial charge in [0.1, 0.15) is 0 Å². The van der Waals surface area contributed by atoms with Crippen LogP contribution in [0.25, 0.3) is 5.57 Å². The lowest BCUT2D eigenvalue weighted by Crippen LogP contribution is -2.32. The van der Waals surface area contributed by atoms with Gasteiger partial charge in [-0.3, -0.25) is 9.59 Å². The summed E-state index contributed by atoms with van der Waals surface area (Å²) in [6.07, 6.45) is 4.92. The van der Waals surface area contributed by atoms with Gasteiger partial charge in [-0.2, -0.15) is 0 Å². The Bertz CT molecular complexity index is 611. The van der Waals surface area contributed by atoms with Crippen molar-refractivity contribution in [3.63, 3.8) is 0 Å². The number of carbonyl (C=O) groups is 2. The van der Waals surface area contributed by atoms with Crippen LogP contribution in [0.5, 0.6) is 0 Å². The van der Waals surface area contributed by atoms with Crippen LogP contribution in [-0.4, -0.2) is 35.0 Å². The van der Waals surface area contributed by atoms with E-state index in [4.69, 9.17) is 0 Å². The largest absolute Gasteiger partial charge is 0.481 e. The van der Waals surface area contributed by atoms with E-state index in [2.05, 4.69) is 6.58 Å². The van der Waals surface area contributed by atoms with Crippen LogP contribution in [0, 0.1) is 17.8 Å². The fourth-order valence-electron chi connectivity index (χ4n) is 4.13. The monoisotopic (exact) mass is 327 g/mol. The van der Waals surface area contributed by atoms with Crippen LogP contribution in [-0.2, 0) is 9.59 Å². The van der Waals surface area contributed by atoms with Gasteiger partial charge in [0.15, 0.2) is 0 Å². The molecule has 3 atom stereocenters. The number of fused-ring (bicyclic) bond motifs is 1. The standard InChI is InChI=1S/C20H25NO3/c1-14(15-7-3-2-4-8-15)18(20(23)24)11-19(22)21-12-16-9-5-6-10-17(16)13-21/h2-4,7-8,16-18H,1,5-6,9-13H2,(H,23,24)/t16-,17+,18-/m1/s1. The summed E-state index contributed by atoms with van der Waals surface area (Å²) in [4.78, 5) is 26.2. The molecule has 24 heavy (non-hydrogen) atoms. The summed E-state index contributed by atoms with van der Waals surface area (Å²) in [5, 5.41) is 9.57. The van der Waals surface area contributed by atoms with Gasteiger partial charge in [0.2, 0.25) is 5.91 Å². The molecule has 1 saturated carbocycles. The van der Waals surface area contributed by atoms with Crippen molar-refractivity contribution in [3.05, 3.63) is 42.5 Å². The van der Waals surface area contributed by atoms with Crippen LogP contribution >= 0.6 is 0 Å². The Kier molecular flexibility index (Phi) is 5.03. The molecule has 0 radical (unpaired) electrons. The average Bonchev–Trinajstić information content (AvgIpc) is 3.03. The topological polar surface area (TPSA) is 57.6 Å². The van der Waals surface area contributed by atoms with Gasteiger partial charge in [0.05, 0.1) is 5.92 Å². The Morgan fingerprint density at radius 3 is 2.25 bits per heavy atom. The normalized spacial score (nSPS) is 24.2. The van der Waals surface area contributed by atoms with Gasteiger partial charge < -0.3 is 10.0 Å². The molecule has 1 amide bonds. The summed E-state index contributed by atoms with van der Waals surface area (Å²) in [7, 11) is 0. The van der Waals surface area contributed by atoms with E-state index in [-0.39, 0.29) is 12.3 Å². The van der Waals surface area contributed by atoms with Gasteiger partial charge in [-0.15, -0.1) is 0 Å². The van der Waals surface area contributed by atoms with E-state index in [1.54, 1.807) is 0 Å². The molecule has 128 valence electrons. The molecular weight excluding hydrogens is 302 g/mol. The van der Waals surface area contributed by atoms with Crippen molar-refractivity contribution in [2.75, 3.05) is 13.1 Å². The molecule has 1 aliphatic heterocycles. The number of carbonyl (C=O) groups excluding carboxylic acids is 1.